The van der Waals surface area contributed by atoms with Crippen molar-refractivity contribution in [1.82, 2.24) is 24.8 Å². The molecule has 3 aliphatic rings. The number of nitrogens with zero attached hydrogens (tertiary/aromatic N) is 4. The summed E-state index contributed by atoms with van der Waals surface area (Å²) in [5.74, 6) is -0.0936. The summed E-state index contributed by atoms with van der Waals surface area (Å²) in [7, 11) is 2.08. The minimum Gasteiger partial charge on any atom is -0.494 e. The lowest BCUT2D eigenvalue weighted by molar-refractivity contribution is -0.136. The van der Waals surface area contributed by atoms with Crippen molar-refractivity contribution >= 4 is 45.4 Å². The van der Waals surface area contributed by atoms with Crippen LogP contribution in [0.4, 0.5) is 0 Å². The number of carbonyl (C=O) groups excluding carboxylic acids is 4. The number of hydrogen-bond donors (Lipinski definition) is 1. The molecule has 0 bridgehead atoms. The molecular formula is C46H43N5O7. The van der Waals surface area contributed by atoms with Gasteiger partial charge >= 0.3 is 0 Å². The molecule has 1 saturated heterocycles. The van der Waals surface area contributed by atoms with Crippen LogP contribution in [0.3, 0.4) is 0 Å². The molecule has 1 unspecified atom stereocenters. The number of hydrogen-bond acceptors (Lipinski definition) is 9. The van der Waals surface area contributed by atoms with Crippen LogP contribution >= 0.6 is 0 Å². The third-order valence-corrected chi connectivity index (χ3v) is 11.5. The van der Waals surface area contributed by atoms with Gasteiger partial charge in [0.2, 0.25) is 17.7 Å². The zero-order valence-electron chi connectivity index (χ0n) is 32.2. The first-order valence-electron chi connectivity index (χ1n) is 20.0. The molecule has 12 heteroatoms. The van der Waals surface area contributed by atoms with Gasteiger partial charge in [-0.05, 0) is 85.3 Å². The van der Waals surface area contributed by atoms with Crippen LogP contribution in [-0.2, 0) is 23.1 Å². The van der Waals surface area contributed by atoms with Crippen molar-refractivity contribution in [2.75, 3.05) is 6.61 Å². The maximum Gasteiger partial charge on any atom is 0.262 e. The lowest BCUT2D eigenvalue weighted by Gasteiger charge is -2.35. The maximum absolute atomic E-state index is 13.1. The van der Waals surface area contributed by atoms with E-state index >= 15 is 0 Å². The van der Waals surface area contributed by atoms with Gasteiger partial charge in [0.05, 0.1) is 23.3 Å². The molecule has 5 heterocycles. The van der Waals surface area contributed by atoms with Gasteiger partial charge in [-0.15, -0.1) is 0 Å². The van der Waals surface area contributed by atoms with Crippen LogP contribution in [0.25, 0.3) is 32.9 Å². The Hall–Kier alpha value is -6.56. The lowest BCUT2D eigenvalue weighted by Crippen LogP contribution is -2.54. The van der Waals surface area contributed by atoms with Crippen molar-refractivity contribution in [2.24, 2.45) is 7.05 Å². The SMILES string of the molecule is Cn1c2ccncc2c2ccc(-c3ccc(OC4CC(Oc5ccc(CCCCCCOc6ccc7c(c6)C(=O)N(C6CCC(=O)NC6=O)C7=O)cc5)C4)nc3)cc21. The summed E-state index contributed by atoms with van der Waals surface area (Å²) in [6.07, 6.45) is 12.6. The van der Waals surface area contributed by atoms with Crippen LogP contribution in [-0.4, -0.2) is 67.9 Å². The molecule has 1 aliphatic carbocycles. The van der Waals surface area contributed by atoms with Crippen molar-refractivity contribution in [1.29, 1.82) is 0 Å². The van der Waals surface area contributed by atoms with Gasteiger partial charge in [0.25, 0.3) is 11.8 Å². The second-order valence-electron chi connectivity index (χ2n) is 15.3. The Bertz CT molecular complexity index is 2540. The molecule has 2 aliphatic heterocycles. The number of rotatable bonds is 14. The van der Waals surface area contributed by atoms with E-state index in [0.29, 0.717) is 18.2 Å². The number of nitrogens with one attached hydrogen (secondary N) is 1. The van der Waals surface area contributed by atoms with E-state index in [-0.39, 0.29) is 36.2 Å². The predicted octanol–water partition coefficient (Wildman–Crippen LogP) is 7.36. The van der Waals surface area contributed by atoms with Crippen molar-refractivity contribution in [2.45, 2.75) is 76.0 Å². The topological polar surface area (TPSA) is 142 Å². The molecule has 12 nitrogen and oxygen atoms in total. The van der Waals surface area contributed by atoms with Gasteiger partial charge < -0.3 is 18.8 Å². The quantitative estimate of drug-likeness (QED) is 0.0887. The molecule has 4 amide bonds. The fraction of sp³-hybridized carbons (Fsp3) is 0.304. The van der Waals surface area contributed by atoms with Gasteiger partial charge in [-0.1, -0.05) is 37.1 Å². The first-order valence-corrected chi connectivity index (χ1v) is 20.0. The summed E-state index contributed by atoms with van der Waals surface area (Å²) >= 11 is 0. The average molecular weight is 778 g/mol. The van der Waals surface area contributed by atoms with Gasteiger partial charge in [-0.25, -0.2) is 4.98 Å². The minimum atomic E-state index is -0.985. The molecule has 2 fully saturated rings. The maximum atomic E-state index is 13.1. The summed E-state index contributed by atoms with van der Waals surface area (Å²) in [5, 5.41) is 4.55. The number of aromatic nitrogens is 3. The van der Waals surface area contributed by atoms with Crippen LogP contribution < -0.4 is 19.5 Å². The highest BCUT2D eigenvalue weighted by Gasteiger charge is 2.44. The molecule has 3 aromatic heterocycles. The zero-order valence-corrected chi connectivity index (χ0v) is 32.2. The Morgan fingerprint density at radius 2 is 1.50 bits per heavy atom. The first-order chi connectivity index (χ1) is 28.3. The summed E-state index contributed by atoms with van der Waals surface area (Å²) in [6, 6.07) is 24.7. The molecule has 3 aromatic carbocycles. The number of amides is 4. The number of aryl methyl sites for hydroxylation is 2. The molecule has 0 spiro atoms. The van der Waals surface area contributed by atoms with Crippen molar-refractivity contribution in [3.05, 3.63) is 114 Å². The van der Waals surface area contributed by atoms with Crippen LogP contribution in [0.15, 0.2) is 97.5 Å². The molecule has 1 N–H and O–H groups in total. The summed E-state index contributed by atoms with van der Waals surface area (Å²) < 4.78 is 20.5. The van der Waals surface area contributed by atoms with E-state index in [9.17, 15) is 19.2 Å². The molecule has 6 aromatic rings. The molecule has 294 valence electrons. The molecule has 58 heavy (non-hydrogen) atoms. The van der Waals surface area contributed by atoms with E-state index in [1.54, 1.807) is 18.2 Å². The molecule has 9 rings (SSSR count). The van der Waals surface area contributed by atoms with E-state index in [1.165, 1.54) is 10.9 Å². The largest absolute Gasteiger partial charge is 0.494 e. The smallest absolute Gasteiger partial charge is 0.262 e. The molecule has 0 radical (unpaired) electrons. The van der Waals surface area contributed by atoms with E-state index in [1.807, 2.05) is 42.9 Å². The molecule has 1 atom stereocenters. The Balaban J connectivity index is 0.664. The van der Waals surface area contributed by atoms with Crippen LogP contribution in [0, 0.1) is 0 Å². The number of pyridine rings is 2. The second kappa shape index (κ2) is 15.8. The zero-order chi connectivity index (χ0) is 39.8. The van der Waals surface area contributed by atoms with Gasteiger partial charge in [-0.3, -0.25) is 34.4 Å². The summed E-state index contributed by atoms with van der Waals surface area (Å²) in [6.45, 7) is 0.488. The molecular weight excluding hydrogens is 735 g/mol. The highest BCUT2D eigenvalue weighted by Crippen LogP contribution is 2.34. The minimum absolute atomic E-state index is 0.0786. The lowest BCUT2D eigenvalue weighted by atomic mass is 9.92. The van der Waals surface area contributed by atoms with Gasteiger partial charge in [0, 0.05) is 72.8 Å². The Kier molecular flexibility index (Phi) is 10.1. The number of benzene rings is 3. The average Bonchev–Trinajstić information content (AvgIpc) is 3.65. The predicted molar refractivity (Wildman–Crippen MR) is 217 cm³/mol. The monoisotopic (exact) mass is 777 g/mol. The highest BCUT2D eigenvalue weighted by atomic mass is 16.5. The van der Waals surface area contributed by atoms with E-state index in [2.05, 4.69) is 63.3 Å². The van der Waals surface area contributed by atoms with Crippen molar-refractivity contribution in [3.63, 3.8) is 0 Å². The summed E-state index contributed by atoms with van der Waals surface area (Å²) in [4.78, 5) is 59.7. The third-order valence-electron chi connectivity index (χ3n) is 11.5. The Labute approximate surface area is 335 Å². The standard InChI is InChI=1S/C46H43N5O7/c1-50-39-19-20-47-27-38(39)35-14-9-29(22-41(35)50)30-10-18-43(48-26-30)58-34-23-33(24-34)57-31-11-7-28(8-12-31)6-4-2-3-5-21-56-32-13-15-36-37(25-32)46(55)51(45(36)54)40-16-17-42(52)49-44(40)53/h7-15,18-20,22,25-27,33-34,40H,2-6,16-17,21,23-24H2,1H3,(H,49,52,53). The number of unbranched alkanes of at least 4 members (excludes halogenated alkanes) is 3. The van der Waals surface area contributed by atoms with E-state index in [4.69, 9.17) is 14.2 Å². The number of carbonyl (C=O) groups is 4. The number of piperidine rings is 1. The Morgan fingerprint density at radius 1 is 0.724 bits per heavy atom. The fourth-order valence-corrected chi connectivity index (χ4v) is 8.18. The highest BCUT2D eigenvalue weighted by molar-refractivity contribution is 6.23. The van der Waals surface area contributed by atoms with Gasteiger partial charge in [-0.2, -0.15) is 0 Å². The van der Waals surface area contributed by atoms with E-state index < -0.39 is 29.7 Å². The van der Waals surface area contributed by atoms with Crippen LogP contribution in [0.5, 0.6) is 17.4 Å². The van der Waals surface area contributed by atoms with Crippen LogP contribution in [0.2, 0.25) is 0 Å². The number of imide groups is 2. The second-order valence-corrected chi connectivity index (χ2v) is 15.3. The third kappa shape index (κ3) is 7.37. The van der Waals surface area contributed by atoms with Crippen molar-refractivity contribution in [3.8, 4) is 28.5 Å². The molecule has 1 saturated carbocycles. The van der Waals surface area contributed by atoms with Crippen LogP contribution in [0.1, 0.15) is 77.6 Å². The van der Waals surface area contributed by atoms with Gasteiger partial charge in [0.1, 0.15) is 29.7 Å². The number of ether oxygens (including phenoxy) is 3. The Morgan fingerprint density at radius 3 is 2.31 bits per heavy atom. The van der Waals surface area contributed by atoms with E-state index in [0.717, 1.165) is 83.1 Å². The van der Waals surface area contributed by atoms with Crippen molar-refractivity contribution < 1.29 is 33.4 Å². The first kappa shape index (κ1) is 37.0. The van der Waals surface area contributed by atoms with Gasteiger partial charge in [0.15, 0.2) is 0 Å². The summed E-state index contributed by atoms with van der Waals surface area (Å²) in [5.41, 5.74) is 6.20. The fourth-order valence-electron chi connectivity index (χ4n) is 8.18. The normalized spacial score (nSPS) is 19.0. The number of fused-ring (bicyclic) bond motifs is 4.